The summed E-state index contributed by atoms with van der Waals surface area (Å²) in [7, 11) is 0. The maximum atomic E-state index is 13.9. The Balaban J connectivity index is 2.37. The van der Waals surface area contributed by atoms with E-state index < -0.39 is 11.6 Å². The molecule has 2 nitrogen and oxygen atoms in total. The van der Waals surface area contributed by atoms with Crippen LogP contribution in [0.1, 0.15) is 30.5 Å². The number of nitrogens with zero attached hydrogens (tertiary/aromatic N) is 1. The summed E-state index contributed by atoms with van der Waals surface area (Å²) in [5, 5.41) is 3.26. The standard InChI is InChI=1S/C15H16F2N2/c1-2-7-19-15(11-4-3-8-18-10-11)13-6-5-12(16)9-14(13)17/h3-6,8-10,15,19H,2,7H2,1H3/t15-/m0/s1. The molecule has 100 valence electrons. The van der Waals surface area contributed by atoms with E-state index in [0.29, 0.717) is 5.56 Å². The first-order valence-corrected chi connectivity index (χ1v) is 6.30. The smallest absolute Gasteiger partial charge is 0.131 e. The summed E-state index contributed by atoms with van der Waals surface area (Å²) in [6.07, 6.45) is 4.29. The lowest BCUT2D eigenvalue weighted by Crippen LogP contribution is -2.24. The van der Waals surface area contributed by atoms with Gasteiger partial charge in [0.05, 0.1) is 6.04 Å². The van der Waals surface area contributed by atoms with Gasteiger partial charge in [-0.2, -0.15) is 0 Å². The van der Waals surface area contributed by atoms with Crippen molar-refractivity contribution in [3.05, 3.63) is 65.5 Å². The van der Waals surface area contributed by atoms with Crippen LogP contribution in [0.4, 0.5) is 8.78 Å². The molecule has 1 atom stereocenters. The minimum Gasteiger partial charge on any atom is -0.306 e. The molecule has 0 fully saturated rings. The molecule has 0 saturated carbocycles. The molecule has 4 heteroatoms. The van der Waals surface area contributed by atoms with E-state index in [1.807, 2.05) is 13.0 Å². The van der Waals surface area contributed by atoms with Crippen LogP contribution in [0.2, 0.25) is 0 Å². The number of hydrogen-bond acceptors (Lipinski definition) is 2. The van der Waals surface area contributed by atoms with Crippen LogP contribution in [0.5, 0.6) is 0 Å². The highest BCUT2D eigenvalue weighted by molar-refractivity contribution is 5.31. The van der Waals surface area contributed by atoms with Gasteiger partial charge in [0.15, 0.2) is 0 Å². The van der Waals surface area contributed by atoms with E-state index in [1.54, 1.807) is 18.5 Å². The Morgan fingerprint density at radius 3 is 2.74 bits per heavy atom. The molecule has 2 aromatic rings. The van der Waals surface area contributed by atoms with Crippen molar-refractivity contribution in [2.45, 2.75) is 19.4 Å². The fourth-order valence-electron chi connectivity index (χ4n) is 1.98. The third-order valence-corrected chi connectivity index (χ3v) is 2.89. The normalized spacial score (nSPS) is 12.4. The summed E-state index contributed by atoms with van der Waals surface area (Å²) in [6.45, 7) is 2.78. The van der Waals surface area contributed by atoms with Gasteiger partial charge in [-0.15, -0.1) is 0 Å². The van der Waals surface area contributed by atoms with Gasteiger partial charge in [-0.1, -0.05) is 19.1 Å². The van der Waals surface area contributed by atoms with E-state index in [4.69, 9.17) is 0 Å². The lowest BCUT2D eigenvalue weighted by atomic mass is 9.99. The van der Waals surface area contributed by atoms with Crippen molar-refractivity contribution < 1.29 is 8.78 Å². The molecule has 1 aromatic carbocycles. The summed E-state index contributed by atoms with van der Waals surface area (Å²) in [6, 6.07) is 7.03. The third-order valence-electron chi connectivity index (χ3n) is 2.89. The molecular formula is C15H16F2N2. The van der Waals surface area contributed by atoms with Crippen molar-refractivity contribution in [2.24, 2.45) is 0 Å². The lowest BCUT2D eigenvalue weighted by Gasteiger charge is -2.19. The number of rotatable bonds is 5. The molecule has 1 heterocycles. The molecule has 0 spiro atoms. The zero-order valence-corrected chi connectivity index (χ0v) is 10.7. The number of hydrogen-bond donors (Lipinski definition) is 1. The van der Waals surface area contributed by atoms with E-state index in [2.05, 4.69) is 10.3 Å². The topological polar surface area (TPSA) is 24.9 Å². The van der Waals surface area contributed by atoms with Crippen molar-refractivity contribution in [2.75, 3.05) is 6.54 Å². The number of aromatic nitrogens is 1. The Morgan fingerprint density at radius 2 is 2.11 bits per heavy atom. The van der Waals surface area contributed by atoms with Gasteiger partial charge < -0.3 is 5.32 Å². The van der Waals surface area contributed by atoms with E-state index in [0.717, 1.165) is 24.6 Å². The Kier molecular flexibility index (Phi) is 4.58. The van der Waals surface area contributed by atoms with Gasteiger partial charge in [-0.3, -0.25) is 4.98 Å². The van der Waals surface area contributed by atoms with Crippen molar-refractivity contribution >= 4 is 0 Å². The second-order valence-electron chi connectivity index (χ2n) is 4.34. The molecule has 0 bridgehead atoms. The largest absolute Gasteiger partial charge is 0.306 e. The minimum absolute atomic E-state index is 0.311. The first-order chi connectivity index (χ1) is 9.22. The van der Waals surface area contributed by atoms with Crippen LogP contribution in [0.3, 0.4) is 0 Å². The lowest BCUT2D eigenvalue weighted by molar-refractivity contribution is 0.532. The molecule has 0 aliphatic rings. The van der Waals surface area contributed by atoms with Crippen LogP contribution < -0.4 is 5.32 Å². The number of halogens is 2. The number of pyridine rings is 1. The van der Waals surface area contributed by atoms with Crippen LogP contribution in [-0.4, -0.2) is 11.5 Å². The SMILES string of the molecule is CCCN[C@@H](c1cccnc1)c1ccc(F)cc1F. The predicted molar refractivity (Wildman–Crippen MR) is 70.7 cm³/mol. The van der Waals surface area contributed by atoms with E-state index in [9.17, 15) is 8.78 Å². The molecule has 1 aromatic heterocycles. The van der Waals surface area contributed by atoms with Crippen LogP contribution >= 0.6 is 0 Å². The Hall–Kier alpha value is -1.81. The fraction of sp³-hybridized carbons (Fsp3) is 0.267. The van der Waals surface area contributed by atoms with Gasteiger partial charge >= 0.3 is 0 Å². The fourth-order valence-corrected chi connectivity index (χ4v) is 1.98. The Labute approximate surface area is 111 Å². The molecule has 0 saturated heterocycles. The molecule has 0 aliphatic carbocycles. The maximum absolute atomic E-state index is 13.9. The molecular weight excluding hydrogens is 246 g/mol. The summed E-state index contributed by atoms with van der Waals surface area (Å²) >= 11 is 0. The third kappa shape index (κ3) is 3.35. The summed E-state index contributed by atoms with van der Waals surface area (Å²) in [4.78, 5) is 4.05. The molecule has 0 radical (unpaired) electrons. The van der Waals surface area contributed by atoms with Gasteiger partial charge in [0.25, 0.3) is 0 Å². The van der Waals surface area contributed by atoms with Gasteiger partial charge in [-0.25, -0.2) is 8.78 Å². The van der Waals surface area contributed by atoms with Crippen molar-refractivity contribution in [1.82, 2.24) is 10.3 Å². The first-order valence-electron chi connectivity index (χ1n) is 6.30. The van der Waals surface area contributed by atoms with E-state index in [-0.39, 0.29) is 6.04 Å². The molecule has 0 aliphatic heterocycles. The maximum Gasteiger partial charge on any atom is 0.131 e. The van der Waals surface area contributed by atoms with Crippen molar-refractivity contribution in [1.29, 1.82) is 0 Å². The van der Waals surface area contributed by atoms with E-state index >= 15 is 0 Å². The molecule has 19 heavy (non-hydrogen) atoms. The highest BCUT2D eigenvalue weighted by Crippen LogP contribution is 2.24. The van der Waals surface area contributed by atoms with Gasteiger partial charge in [-0.05, 0) is 30.7 Å². The molecule has 0 amide bonds. The van der Waals surface area contributed by atoms with Crippen LogP contribution in [0.25, 0.3) is 0 Å². The van der Waals surface area contributed by atoms with Crippen molar-refractivity contribution in [3.63, 3.8) is 0 Å². The molecule has 2 rings (SSSR count). The molecule has 1 N–H and O–H groups in total. The number of nitrogens with one attached hydrogen (secondary N) is 1. The van der Waals surface area contributed by atoms with Gasteiger partial charge in [0.2, 0.25) is 0 Å². The van der Waals surface area contributed by atoms with E-state index in [1.165, 1.54) is 12.1 Å². The average Bonchev–Trinajstić information content (AvgIpc) is 2.42. The highest BCUT2D eigenvalue weighted by Gasteiger charge is 2.17. The zero-order chi connectivity index (χ0) is 13.7. The first kappa shape index (κ1) is 13.6. The second-order valence-corrected chi connectivity index (χ2v) is 4.34. The highest BCUT2D eigenvalue weighted by atomic mass is 19.1. The van der Waals surface area contributed by atoms with Gasteiger partial charge in [0, 0.05) is 24.0 Å². The number of benzene rings is 1. The quantitative estimate of drug-likeness (QED) is 0.892. The van der Waals surface area contributed by atoms with Crippen LogP contribution in [0, 0.1) is 11.6 Å². The summed E-state index contributed by atoms with van der Waals surface area (Å²) < 4.78 is 26.9. The van der Waals surface area contributed by atoms with Crippen LogP contribution in [-0.2, 0) is 0 Å². The minimum atomic E-state index is -0.568. The summed E-state index contributed by atoms with van der Waals surface area (Å²) in [5.74, 6) is -1.11. The summed E-state index contributed by atoms with van der Waals surface area (Å²) in [5.41, 5.74) is 1.30. The van der Waals surface area contributed by atoms with Crippen LogP contribution in [0.15, 0.2) is 42.7 Å². The zero-order valence-electron chi connectivity index (χ0n) is 10.7. The predicted octanol–water partition coefficient (Wildman–Crippen LogP) is 3.45. The monoisotopic (exact) mass is 262 g/mol. The Bertz CT molecular complexity index is 529. The van der Waals surface area contributed by atoms with Crippen molar-refractivity contribution in [3.8, 4) is 0 Å². The van der Waals surface area contributed by atoms with Gasteiger partial charge in [0.1, 0.15) is 11.6 Å². The average molecular weight is 262 g/mol. The second kappa shape index (κ2) is 6.38. The molecule has 0 unspecified atom stereocenters. The Morgan fingerprint density at radius 1 is 1.26 bits per heavy atom.